The molecule has 0 aliphatic carbocycles. The summed E-state index contributed by atoms with van der Waals surface area (Å²) in [4.78, 5) is 16.0. The zero-order valence-corrected chi connectivity index (χ0v) is 9.73. The quantitative estimate of drug-likeness (QED) is 0.750. The molecule has 2 atom stereocenters. The Hall–Kier alpha value is -1.36. The summed E-state index contributed by atoms with van der Waals surface area (Å²) >= 11 is 0. The van der Waals surface area contributed by atoms with E-state index in [1.807, 2.05) is 17.8 Å². The van der Waals surface area contributed by atoms with E-state index in [1.54, 1.807) is 6.20 Å². The second kappa shape index (κ2) is 4.65. The van der Waals surface area contributed by atoms with Crippen LogP contribution in [0.4, 0.5) is 0 Å². The van der Waals surface area contributed by atoms with Crippen molar-refractivity contribution >= 4 is 5.91 Å². The number of hydrogen-bond donors (Lipinski definition) is 2. The number of aryl methyl sites for hydroxylation is 1. The van der Waals surface area contributed by atoms with Crippen LogP contribution in [-0.4, -0.2) is 28.5 Å². The summed E-state index contributed by atoms with van der Waals surface area (Å²) in [6.07, 6.45) is 3.61. The lowest BCUT2D eigenvalue weighted by Crippen LogP contribution is -2.34. The van der Waals surface area contributed by atoms with Gasteiger partial charge in [-0.2, -0.15) is 0 Å². The smallest absolute Gasteiger partial charge is 0.225 e. The van der Waals surface area contributed by atoms with Crippen LogP contribution >= 0.6 is 0 Å². The fourth-order valence-electron chi connectivity index (χ4n) is 2.03. The zero-order chi connectivity index (χ0) is 11.5. The van der Waals surface area contributed by atoms with Gasteiger partial charge in [0.2, 0.25) is 5.91 Å². The van der Waals surface area contributed by atoms with Gasteiger partial charge in [0, 0.05) is 26.0 Å². The third-order valence-electron chi connectivity index (χ3n) is 3.20. The van der Waals surface area contributed by atoms with Crippen molar-refractivity contribution in [3.63, 3.8) is 0 Å². The van der Waals surface area contributed by atoms with Gasteiger partial charge >= 0.3 is 0 Å². The minimum atomic E-state index is 0.0975. The SMILES string of the molecule is CC1CNCC1C(=O)NCc1nccn1C. The minimum Gasteiger partial charge on any atom is -0.349 e. The molecular formula is C11H18N4O. The molecule has 1 aromatic heterocycles. The van der Waals surface area contributed by atoms with Crippen LogP contribution in [0.15, 0.2) is 12.4 Å². The number of imidazole rings is 1. The van der Waals surface area contributed by atoms with E-state index in [1.165, 1.54) is 0 Å². The average molecular weight is 222 g/mol. The van der Waals surface area contributed by atoms with Crippen molar-refractivity contribution in [2.45, 2.75) is 13.5 Å². The number of rotatable bonds is 3. The van der Waals surface area contributed by atoms with Gasteiger partial charge in [0.05, 0.1) is 12.5 Å². The number of hydrogen-bond acceptors (Lipinski definition) is 3. The van der Waals surface area contributed by atoms with Crippen LogP contribution < -0.4 is 10.6 Å². The highest BCUT2D eigenvalue weighted by molar-refractivity contribution is 5.79. The van der Waals surface area contributed by atoms with Crippen LogP contribution in [-0.2, 0) is 18.4 Å². The Balaban J connectivity index is 1.86. The second-order valence-corrected chi connectivity index (χ2v) is 4.41. The van der Waals surface area contributed by atoms with Crippen molar-refractivity contribution in [2.24, 2.45) is 18.9 Å². The first-order valence-electron chi connectivity index (χ1n) is 5.63. The Morgan fingerprint density at radius 1 is 1.69 bits per heavy atom. The van der Waals surface area contributed by atoms with Gasteiger partial charge in [-0.3, -0.25) is 4.79 Å². The second-order valence-electron chi connectivity index (χ2n) is 4.41. The van der Waals surface area contributed by atoms with Gasteiger partial charge in [-0.25, -0.2) is 4.98 Å². The summed E-state index contributed by atoms with van der Waals surface area (Å²) in [6.45, 7) is 4.32. The molecule has 1 fully saturated rings. The molecule has 1 aromatic rings. The Morgan fingerprint density at radius 3 is 3.06 bits per heavy atom. The first-order valence-corrected chi connectivity index (χ1v) is 5.63. The Bertz CT molecular complexity index is 374. The molecule has 0 saturated carbocycles. The highest BCUT2D eigenvalue weighted by Crippen LogP contribution is 2.15. The molecule has 2 unspecified atom stereocenters. The summed E-state index contributed by atoms with van der Waals surface area (Å²) in [5, 5.41) is 6.16. The lowest BCUT2D eigenvalue weighted by Gasteiger charge is -2.13. The van der Waals surface area contributed by atoms with Gasteiger partial charge in [0.1, 0.15) is 5.82 Å². The lowest BCUT2D eigenvalue weighted by atomic mass is 9.97. The third kappa shape index (κ3) is 2.24. The van der Waals surface area contributed by atoms with Crippen LogP contribution in [0.5, 0.6) is 0 Å². The molecular weight excluding hydrogens is 204 g/mol. The molecule has 1 aliphatic rings. The van der Waals surface area contributed by atoms with E-state index in [4.69, 9.17) is 0 Å². The van der Waals surface area contributed by atoms with E-state index in [9.17, 15) is 4.79 Å². The normalized spacial score (nSPS) is 24.6. The molecule has 16 heavy (non-hydrogen) atoms. The molecule has 0 spiro atoms. The largest absolute Gasteiger partial charge is 0.349 e. The van der Waals surface area contributed by atoms with Crippen molar-refractivity contribution in [3.8, 4) is 0 Å². The Morgan fingerprint density at radius 2 is 2.50 bits per heavy atom. The number of aromatic nitrogens is 2. The summed E-state index contributed by atoms with van der Waals surface area (Å²) in [7, 11) is 1.92. The van der Waals surface area contributed by atoms with Crippen molar-refractivity contribution in [2.75, 3.05) is 13.1 Å². The maximum atomic E-state index is 11.9. The lowest BCUT2D eigenvalue weighted by molar-refractivity contribution is -0.125. The van der Waals surface area contributed by atoms with E-state index < -0.39 is 0 Å². The molecule has 1 aliphatic heterocycles. The molecule has 0 aromatic carbocycles. The maximum absolute atomic E-state index is 11.9. The van der Waals surface area contributed by atoms with E-state index >= 15 is 0 Å². The molecule has 5 nitrogen and oxygen atoms in total. The van der Waals surface area contributed by atoms with Crippen molar-refractivity contribution in [1.82, 2.24) is 20.2 Å². The molecule has 2 heterocycles. The van der Waals surface area contributed by atoms with Gasteiger partial charge in [-0.1, -0.05) is 6.92 Å². The van der Waals surface area contributed by atoms with Crippen LogP contribution in [0.1, 0.15) is 12.7 Å². The fourth-order valence-corrected chi connectivity index (χ4v) is 2.03. The number of carbonyl (C=O) groups excluding carboxylic acids is 1. The summed E-state index contributed by atoms with van der Waals surface area (Å²) in [5.41, 5.74) is 0. The van der Waals surface area contributed by atoms with Gasteiger partial charge in [0.25, 0.3) is 0 Å². The molecule has 88 valence electrons. The van der Waals surface area contributed by atoms with Gasteiger partial charge in [0.15, 0.2) is 0 Å². The monoisotopic (exact) mass is 222 g/mol. The summed E-state index contributed by atoms with van der Waals surface area (Å²) in [5.74, 6) is 1.52. The van der Waals surface area contributed by atoms with E-state index in [0.717, 1.165) is 18.9 Å². The van der Waals surface area contributed by atoms with Crippen LogP contribution in [0, 0.1) is 11.8 Å². The van der Waals surface area contributed by atoms with E-state index in [-0.39, 0.29) is 11.8 Å². The zero-order valence-electron chi connectivity index (χ0n) is 9.73. The maximum Gasteiger partial charge on any atom is 0.225 e. The number of nitrogens with one attached hydrogen (secondary N) is 2. The molecule has 2 N–H and O–H groups in total. The van der Waals surface area contributed by atoms with Crippen LogP contribution in [0.3, 0.4) is 0 Å². The van der Waals surface area contributed by atoms with Crippen LogP contribution in [0.25, 0.3) is 0 Å². The molecule has 2 rings (SSSR count). The van der Waals surface area contributed by atoms with Crippen molar-refractivity contribution in [3.05, 3.63) is 18.2 Å². The predicted octanol–water partition coefficient (Wildman–Crippen LogP) is -0.108. The van der Waals surface area contributed by atoms with Crippen molar-refractivity contribution < 1.29 is 4.79 Å². The predicted molar refractivity (Wildman–Crippen MR) is 60.6 cm³/mol. The van der Waals surface area contributed by atoms with Gasteiger partial charge in [-0.15, -0.1) is 0 Å². The third-order valence-corrected chi connectivity index (χ3v) is 3.20. The van der Waals surface area contributed by atoms with Gasteiger partial charge < -0.3 is 15.2 Å². The number of amides is 1. The van der Waals surface area contributed by atoms with Gasteiger partial charge in [-0.05, 0) is 12.5 Å². The molecule has 1 saturated heterocycles. The minimum absolute atomic E-state index is 0.0975. The molecule has 1 amide bonds. The molecule has 0 bridgehead atoms. The van der Waals surface area contributed by atoms with Crippen molar-refractivity contribution in [1.29, 1.82) is 0 Å². The number of carbonyl (C=O) groups is 1. The van der Waals surface area contributed by atoms with Crippen LogP contribution in [0.2, 0.25) is 0 Å². The highest BCUT2D eigenvalue weighted by atomic mass is 16.1. The molecule has 5 heteroatoms. The average Bonchev–Trinajstić information content (AvgIpc) is 2.84. The Kier molecular flexibility index (Phi) is 3.24. The molecule has 0 radical (unpaired) electrons. The topological polar surface area (TPSA) is 59.0 Å². The fraction of sp³-hybridized carbons (Fsp3) is 0.636. The summed E-state index contributed by atoms with van der Waals surface area (Å²) < 4.78 is 1.91. The highest BCUT2D eigenvalue weighted by Gasteiger charge is 2.29. The van der Waals surface area contributed by atoms with E-state index in [2.05, 4.69) is 22.5 Å². The first-order chi connectivity index (χ1) is 7.68. The van der Waals surface area contributed by atoms with E-state index in [0.29, 0.717) is 12.5 Å². The first kappa shape index (κ1) is 11.1. The Labute approximate surface area is 95.2 Å². The summed E-state index contributed by atoms with van der Waals surface area (Å²) in [6, 6.07) is 0. The number of nitrogens with zero attached hydrogens (tertiary/aromatic N) is 2. The standard InChI is InChI=1S/C11H18N4O/c1-8-5-12-6-9(8)11(16)14-7-10-13-3-4-15(10)2/h3-4,8-9,12H,5-7H2,1-2H3,(H,14,16).